The third kappa shape index (κ3) is 10.8. The van der Waals surface area contributed by atoms with Crippen molar-refractivity contribution in [3.63, 3.8) is 0 Å². The highest BCUT2D eigenvalue weighted by atomic mass is 16.3. The van der Waals surface area contributed by atoms with Gasteiger partial charge >= 0.3 is 0 Å². The minimum atomic E-state index is -0.147. The van der Waals surface area contributed by atoms with E-state index in [0.717, 1.165) is 114 Å². The maximum atomic E-state index is 15.4. The van der Waals surface area contributed by atoms with Crippen molar-refractivity contribution >= 4 is 11.9 Å². The summed E-state index contributed by atoms with van der Waals surface area (Å²) in [6.45, 7) is 25.1. The molecule has 0 fully saturated rings. The molecule has 0 bridgehead atoms. The van der Waals surface area contributed by atoms with Crippen LogP contribution in [0.5, 0.6) is 0 Å². The number of hydrogen-bond donors (Lipinski definition) is 1. The van der Waals surface area contributed by atoms with Crippen LogP contribution in [0, 0.1) is 0 Å². The van der Waals surface area contributed by atoms with Gasteiger partial charge in [0, 0.05) is 5.56 Å². The van der Waals surface area contributed by atoms with Crippen LogP contribution in [0.4, 0.5) is 0 Å². The van der Waals surface area contributed by atoms with Crippen molar-refractivity contribution in [2.45, 2.75) is 208 Å². The fourth-order valence-corrected chi connectivity index (χ4v) is 8.82. The standard InChI is InChI=1S/C47H76O2/c1-12-23-34(18-7)40-29-28-33(17-6)30-39(40)31-43(48)47(49)46-44(37(21-10)26-15-4)41(35(19-8)24-13-2)32-42(36(20-9)25-14-3)45(46)38(22-11)27-16-5/h28-32,34-38,48H,12-27H2,1-11H3/b43-31-. The molecule has 0 aliphatic heterocycles. The molecule has 2 aromatic carbocycles. The Labute approximate surface area is 304 Å². The Morgan fingerprint density at radius 1 is 0.551 bits per heavy atom. The third-order valence-electron chi connectivity index (χ3n) is 11.6. The molecule has 276 valence electrons. The average Bonchev–Trinajstić information content (AvgIpc) is 3.12. The minimum absolute atomic E-state index is 0.0868. The monoisotopic (exact) mass is 673 g/mol. The van der Waals surface area contributed by atoms with Crippen molar-refractivity contribution in [3.8, 4) is 0 Å². The molecular weight excluding hydrogens is 597 g/mol. The van der Waals surface area contributed by atoms with Gasteiger partial charge in [-0.1, -0.05) is 133 Å². The van der Waals surface area contributed by atoms with Gasteiger partial charge in [0.2, 0.25) is 5.78 Å². The molecule has 0 aliphatic carbocycles. The summed E-state index contributed by atoms with van der Waals surface area (Å²) in [5.41, 5.74) is 9.75. The highest BCUT2D eigenvalue weighted by Gasteiger charge is 2.34. The Hall–Kier alpha value is -2.35. The summed E-state index contributed by atoms with van der Waals surface area (Å²) in [7, 11) is 0. The van der Waals surface area contributed by atoms with E-state index in [1.54, 1.807) is 0 Å². The van der Waals surface area contributed by atoms with E-state index in [9.17, 15) is 5.11 Å². The zero-order chi connectivity index (χ0) is 36.5. The highest BCUT2D eigenvalue weighted by molar-refractivity contribution is 6.12. The zero-order valence-electron chi connectivity index (χ0n) is 33.9. The Bertz CT molecular complexity index is 1250. The van der Waals surface area contributed by atoms with Gasteiger partial charge in [-0.3, -0.25) is 4.79 Å². The van der Waals surface area contributed by atoms with Crippen LogP contribution in [-0.2, 0) is 6.42 Å². The lowest BCUT2D eigenvalue weighted by molar-refractivity contribution is 0.0977. The number of aliphatic hydroxyl groups is 1. The van der Waals surface area contributed by atoms with E-state index in [1.165, 1.54) is 33.4 Å². The second kappa shape index (κ2) is 22.5. The van der Waals surface area contributed by atoms with Gasteiger partial charge in [0.15, 0.2) is 5.76 Å². The largest absolute Gasteiger partial charge is 0.504 e. The minimum Gasteiger partial charge on any atom is -0.504 e. The molecule has 5 unspecified atom stereocenters. The van der Waals surface area contributed by atoms with Crippen LogP contribution < -0.4 is 0 Å². The molecule has 2 rings (SSSR count). The van der Waals surface area contributed by atoms with Gasteiger partial charge in [-0.2, -0.15) is 0 Å². The van der Waals surface area contributed by atoms with Crippen LogP contribution in [0.1, 0.15) is 251 Å². The van der Waals surface area contributed by atoms with E-state index < -0.39 is 0 Å². The fourth-order valence-electron chi connectivity index (χ4n) is 8.82. The molecular formula is C47H76O2. The van der Waals surface area contributed by atoms with Gasteiger partial charge < -0.3 is 5.11 Å². The van der Waals surface area contributed by atoms with Crippen LogP contribution in [0.15, 0.2) is 30.0 Å². The number of allylic oxidation sites excluding steroid dienone is 1. The third-order valence-corrected chi connectivity index (χ3v) is 11.6. The molecule has 5 atom stereocenters. The molecule has 0 saturated heterocycles. The molecule has 0 spiro atoms. The van der Waals surface area contributed by atoms with E-state index >= 15 is 4.79 Å². The predicted molar refractivity (Wildman–Crippen MR) is 217 cm³/mol. The van der Waals surface area contributed by atoms with Crippen molar-refractivity contribution in [2.24, 2.45) is 0 Å². The quantitative estimate of drug-likeness (QED) is 0.0684. The number of carbonyl (C=O) groups is 1. The maximum absolute atomic E-state index is 15.4. The molecule has 0 aliphatic rings. The van der Waals surface area contributed by atoms with Crippen LogP contribution in [0.3, 0.4) is 0 Å². The van der Waals surface area contributed by atoms with Gasteiger partial charge in [-0.15, -0.1) is 0 Å². The number of benzene rings is 2. The fraction of sp³-hybridized carbons (Fsp3) is 0.681. The normalized spacial score (nSPS) is 15.2. The summed E-state index contributed by atoms with van der Waals surface area (Å²) in [6, 6.07) is 9.32. The lowest BCUT2D eigenvalue weighted by atomic mass is 9.70. The molecule has 2 nitrogen and oxygen atoms in total. The average molecular weight is 673 g/mol. The van der Waals surface area contributed by atoms with Crippen molar-refractivity contribution in [1.29, 1.82) is 0 Å². The van der Waals surface area contributed by atoms with E-state index in [0.29, 0.717) is 29.6 Å². The Balaban J connectivity index is 3.22. The predicted octanol–water partition coefficient (Wildman–Crippen LogP) is 15.5. The number of rotatable bonds is 24. The van der Waals surface area contributed by atoms with Crippen molar-refractivity contribution in [3.05, 3.63) is 74.5 Å². The maximum Gasteiger partial charge on any atom is 0.227 e. The van der Waals surface area contributed by atoms with E-state index in [-0.39, 0.29) is 11.5 Å². The van der Waals surface area contributed by atoms with Crippen molar-refractivity contribution < 1.29 is 9.90 Å². The molecule has 2 aromatic rings. The molecule has 0 aromatic heterocycles. The number of aryl methyl sites for hydroxylation is 1. The first kappa shape index (κ1) is 42.8. The second-order valence-electron chi connectivity index (χ2n) is 14.9. The highest BCUT2D eigenvalue weighted by Crippen LogP contribution is 2.47. The van der Waals surface area contributed by atoms with Crippen LogP contribution in [-0.4, -0.2) is 10.9 Å². The van der Waals surface area contributed by atoms with Gasteiger partial charge in [-0.25, -0.2) is 0 Å². The number of Topliss-reactive ketones (excluding diaryl/α,β-unsaturated/α-hetero) is 1. The smallest absolute Gasteiger partial charge is 0.227 e. The Kier molecular flexibility index (Phi) is 19.6. The van der Waals surface area contributed by atoms with Crippen molar-refractivity contribution in [2.75, 3.05) is 0 Å². The summed E-state index contributed by atoms with van der Waals surface area (Å²) in [5.74, 6) is 1.59. The van der Waals surface area contributed by atoms with Crippen molar-refractivity contribution in [1.82, 2.24) is 0 Å². The van der Waals surface area contributed by atoms with Gasteiger partial charge in [0.1, 0.15) is 0 Å². The van der Waals surface area contributed by atoms with Crippen LogP contribution in [0.2, 0.25) is 0 Å². The first-order chi connectivity index (χ1) is 23.7. The SMILES string of the molecule is CCCC(CC)c1ccc(CC)cc1/C=C(\O)C(=O)c1c(C(CC)CCC)c(C(CC)CCC)cc(C(CC)CCC)c1C(CC)CCC. The number of hydrogen-bond acceptors (Lipinski definition) is 2. The first-order valence-electron chi connectivity index (χ1n) is 21.0. The van der Waals surface area contributed by atoms with Gasteiger partial charge in [0.05, 0.1) is 0 Å². The van der Waals surface area contributed by atoms with E-state index in [4.69, 9.17) is 0 Å². The number of ketones is 1. The Morgan fingerprint density at radius 3 is 1.31 bits per heavy atom. The summed E-state index contributed by atoms with van der Waals surface area (Å²) in [5, 5.41) is 12.2. The lowest BCUT2D eigenvalue weighted by Gasteiger charge is -2.34. The number of carbonyl (C=O) groups excluding carboxylic acids is 1. The first-order valence-corrected chi connectivity index (χ1v) is 21.0. The molecule has 0 heterocycles. The topological polar surface area (TPSA) is 37.3 Å². The number of aliphatic hydroxyl groups excluding tert-OH is 1. The zero-order valence-corrected chi connectivity index (χ0v) is 33.9. The molecule has 2 heteroatoms. The Morgan fingerprint density at radius 2 is 0.939 bits per heavy atom. The molecule has 49 heavy (non-hydrogen) atoms. The van der Waals surface area contributed by atoms with Gasteiger partial charge in [-0.05, 0) is 145 Å². The van der Waals surface area contributed by atoms with E-state index in [1.807, 2.05) is 6.08 Å². The molecule has 1 N–H and O–H groups in total. The van der Waals surface area contributed by atoms with E-state index in [2.05, 4.69) is 100 Å². The lowest BCUT2D eigenvalue weighted by Crippen LogP contribution is -2.22. The molecule has 0 saturated carbocycles. The van der Waals surface area contributed by atoms with Crippen LogP contribution in [0.25, 0.3) is 6.08 Å². The molecule has 0 amide bonds. The molecule has 0 radical (unpaired) electrons. The summed E-state index contributed by atoms with van der Waals surface area (Å²) in [4.78, 5) is 15.4. The van der Waals surface area contributed by atoms with Crippen LogP contribution >= 0.6 is 0 Å². The summed E-state index contributed by atoms with van der Waals surface area (Å²) in [6.07, 6.45) is 19.0. The van der Waals surface area contributed by atoms with Gasteiger partial charge in [0.25, 0.3) is 0 Å². The summed E-state index contributed by atoms with van der Waals surface area (Å²) < 4.78 is 0. The summed E-state index contributed by atoms with van der Waals surface area (Å²) >= 11 is 0. The second-order valence-corrected chi connectivity index (χ2v) is 14.9.